The summed E-state index contributed by atoms with van der Waals surface area (Å²) < 4.78 is 5.78. The Balaban J connectivity index is 1.71. The Morgan fingerprint density at radius 1 is 1.35 bits per heavy atom. The van der Waals surface area contributed by atoms with Gasteiger partial charge >= 0.3 is 0 Å². The molecule has 23 heavy (non-hydrogen) atoms. The summed E-state index contributed by atoms with van der Waals surface area (Å²) in [6.45, 7) is 4.69. The van der Waals surface area contributed by atoms with Crippen LogP contribution in [0.3, 0.4) is 0 Å². The first-order chi connectivity index (χ1) is 11.1. The number of hydrogen-bond acceptors (Lipinski definition) is 3. The maximum absolute atomic E-state index is 12.7. The van der Waals surface area contributed by atoms with E-state index in [0.717, 1.165) is 24.1 Å². The Kier molecular flexibility index (Phi) is 4.48. The zero-order chi connectivity index (χ0) is 16.4. The van der Waals surface area contributed by atoms with Crippen molar-refractivity contribution in [3.63, 3.8) is 0 Å². The highest BCUT2D eigenvalue weighted by molar-refractivity contribution is 5.94. The first-order valence-electron chi connectivity index (χ1n) is 8.08. The second-order valence-corrected chi connectivity index (χ2v) is 6.22. The molecule has 5 heteroatoms. The second kappa shape index (κ2) is 6.54. The molecule has 2 heterocycles. The van der Waals surface area contributed by atoms with Crippen LogP contribution in [0.25, 0.3) is 0 Å². The van der Waals surface area contributed by atoms with Gasteiger partial charge in [0.15, 0.2) is 5.69 Å². The van der Waals surface area contributed by atoms with E-state index in [0.29, 0.717) is 12.2 Å². The van der Waals surface area contributed by atoms with E-state index in [2.05, 4.69) is 22.3 Å². The minimum Gasteiger partial charge on any atom is -0.369 e. The van der Waals surface area contributed by atoms with E-state index in [1.54, 1.807) is 4.90 Å². The van der Waals surface area contributed by atoms with Crippen molar-refractivity contribution in [2.45, 2.75) is 38.9 Å². The Morgan fingerprint density at radius 2 is 2.09 bits per heavy atom. The summed E-state index contributed by atoms with van der Waals surface area (Å²) in [5.74, 6) is -0.0280. The summed E-state index contributed by atoms with van der Waals surface area (Å²) in [5.41, 5.74) is 3.71. The third kappa shape index (κ3) is 3.29. The lowest BCUT2D eigenvalue weighted by molar-refractivity contribution is -0.00701. The molecule has 1 aliphatic rings. The van der Waals surface area contributed by atoms with E-state index < -0.39 is 0 Å². The topological polar surface area (TPSA) is 58.2 Å². The molecule has 2 atom stereocenters. The van der Waals surface area contributed by atoms with E-state index in [4.69, 9.17) is 4.74 Å². The van der Waals surface area contributed by atoms with Gasteiger partial charge < -0.3 is 9.64 Å². The molecule has 3 rings (SSSR count). The van der Waals surface area contributed by atoms with Gasteiger partial charge in [0.05, 0.1) is 17.9 Å². The third-order valence-corrected chi connectivity index (χ3v) is 4.36. The van der Waals surface area contributed by atoms with Crippen molar-refractivity contribution >= 4 is 5.91 Å². The highest BCUT2D eigenvalue weighted by Gasteiger charge is 2.30. The van der Waals surface area contributed by atoms with Gasteiger partial charge in [0, 0.05) is 25.6 Å². The first-order valence-corrected chi connectivity index (χ1v) is 8.08. The number of carbonyl (C=O) groups is 1. The van der Waals surface area contributed by atoms with Crippen LogP contribution in [0.1, 0.15) is 47.3 Å². The van der Waals surface area contributed by atoms with Crippen LogP contribution in [0.15, 0.2) is 30.3 Å². The number of H-pyrrole nitrogens is 1. The smallest absolute Gasteiger partial charge is 0.274 e. The highest BCUT2D eigenvalue weighted by atomic mass is 16.5. The summed E-state index contributed by atoms with van der Waals surface area (Å²) in [6.07, 6.45) is 1.63. The number of aromatic nitrogens is 2. The van der Waals surface area contributed by atoms with Crippen molar-refractivity contribution in [1.29, 1.82) is 0 Å². The monoisotopic (exact) mass is 313 g/mol. The molecular weight excluding hydrogens is 290 g/mol. The Morgan fingerprint density at radius 3 is 2.83 bits per heavy atom. The maximum Gasteiger partial charge on any atom is 0.274 e. The Bertz CT molecular complexity index is 681. The minimum atomic E-state index is -0.0441. The Hall–Kier alpha value is -2.14. The molecule has 1 N–H and O–H groups in total. The molecule has 0 aliphatic carbocycles. The molecular formula is C18H23N3O2. The summed E-state index contributed by atoms with van der Waals surface area (Å²) in [5, 5.41) is 7.25. The first kappa shape index (κ1) is 15.7. The molecule has 2 aromatic rings. The average molecular weight is 313 g/mol. The molecule has 1 aromatic carbocycles. The number of likely N-dealkylation sites (N-methyl/N-ethyl adjacent to an activating group) is 1. The fourth-order valence-electron chi connectivity index (χ4n) is 3.07. The van der Waals surface area contributed by atoms with Gasteiger partial charge in [0.25, 0.3) is 5.91 Å². The number of benzene rings is 1. The maximum atomic E-state index is 12.7. The molecule has 0 spiro atoms. The number of aromatic amines is 1. The predicted molar refractivity (Wildman–Crippen MR) is 88.4 cm³/mol. The molecule has 0 saturated carbocycles. The minimum absolute atomic E-state index is 0.0280. The number of ether oxygens (including phenoxy) is 1. The molecule has 5 nitrogen and oxygen atoms in total. The van der Waals surface area contributed by atoms with Crippen LogP contribution < -0.4 is 0 Å². The van der Waals surface area contributed by atoms with Crippen molar-refractivity contribution in [3.05, 3.63) is 52.8 Å². The van der Waals surface area contributed by atoms with E-state index in [1.165, 1.54) is 5.56 Å². The van der Waals surface area contributed by atoms with Crippen LogP contribution in [-0.4, -0.2) is 40.7 Å². The van der Waals surface area contributed by atoms with Gasteiger partial charge in [0.2, 0.25) is 0 Å². The van der Waals surface area contributed by atoms with Crippen LogP contribution >= 0.6 is 0 Å². The van der Waals surface area contributed by atoms with Crippen molar-refractivity contribution in [2.24, 2.45) is 0 Å². The summed E-state index contributed by atoms with van der Waals surface area (Å²) in [4.78, 5) is 14.5. The molecule has 1 amide bonds. The van der Waals surface area contributed by atoms with E-state index in [1.807, 2.05) is 39.1 Å². The lowest BCUT2D eigenvalue weighted by Crippen LogP contribution is -2.31. The van der Waals surface area contributed by atoms with Gasteiger partial charge in [-0.2, -0.15) is 5.10 Å². The SMILES string of the molecule is C[C@@H]1Cc2c(C(=O)N(C)CCc3ccccc3)n[nH]c2[C@H](C)O1. The number of fused-ring (bicyclic) bond motifs is 1. The molecule has 0 unspecified atom stereocenters. The third-order valence-electron chi connectivity index (χ3n) is 4.36. The summed E-state index contributed by atoms with van der Waals surface area (Å²) in [6, 6.07) is 10.2. The average Bonchev–Trinajstić information content (AvgIpc) is 2.97. The molecule has 0 bridgehead atoms. The van der Waals surface area contributed by atoms with E-state index in [-0.39, 0.29) is 18.1 Å². The summed E-state index contributed by atoms with van der Waals surface area (Å²) in [7, 11) is 1.83. The van der Waals surface area contributed by atoms with Crippen molar-refractivity contribution < 1.29 is 9.53 Å². The number of carbonyl (C=O) groups excluding carboxylic acids is 1. The van der Waals surface area contributed by atoms with Gasteiger partial charge in [-0.05, 0) is 25.8 Å². The number of hydrogen-bond donors (Lipinski definition) is 1. The van der Waals surface area contributed by atoms with Crippen LogP contribution in [0.5, 0.6) is 0 Å². The second-order valence-electron chi connectivity index (χ2n) is 6.22. The van der Waals surface area contributed by atoms with Crippen molar-refractivity contribution in [3.8, 4) is 0 Å². The summed E-state index contributed by atoms with van der Waals surface area (Å²) >= 11 is 0. The number of amides is 1. The quantitative estimate of drug-likeness (QED) is 0.944. The zero-order valence-electron chi connectivity index (χ0n) is 13.9. The van der Waals surface area contributed by atoms with Crippen molar-refractivity contribution in [2.75, 3.05) is 13.6 Å². The molecule has 1 aromatic heterocycles. The van der Waals surface area contributed by atoms with Crippen LogP contribution in [0, 0.1) is 0 Å². The largest absolute Gasteiger partial charge is 0.369 e. The standard InChI is InChI=1S/C18H23N3O2/c1-12-11-15-16(13(2)23-12)19-20-17(15)18(22)21(3)10-9-14-7-5-4-6-8-14/h4-8,12-13H,9-11H2,1-3H3,(H,19,20)/t12-,13+/m1/s1. The number of nitrogens with one attached hydrogen (secondary N) is 1. The van der Waals surface area contributed by atoms with Crippen LogP contribution in [0.4, 0.5) is 0 Å². The fraction of sp³-hybridized carbons (Fsp3) is 0.444. The van der Waals surface area contributed by atoms with Crippen molar-refractivity contribution in [1.82, 2.24) is 15.1 Å². The van der Waals surface area contributed by atoms with Gasteiger partial charge in [0.1, 0.15) is 0 Å². The highest BCUT2D eigenvalue weighted by Crippen LogP contribution is 2.30. The van der Waals surface area contributed by atoms with Gasteiger partial charge in [-0.25, -0.2) is 0 Å². The van der Waals surface area contributed by atoms with E-state index >= 15 is 0 Å². The Labute approximate surface area is 136 Å². The van der Waals surface area contributed by atoms with Gasteiger partial charge in [-0.3, -0.25) is 9.89 Å². The lowest BCUT2D eigenvalue weighted by atomic mass is 9.99. The van der Waals surface area contributed by atoms with Crippen LogP contribution in [-0.2, 0) is 17.6 Å². The molecule has 0 fully saturated rings. The predicted octanol–water partition coefficient (Wildman–Crippen LogP) is 2.75. The normalized spacial score (nSPS) is 20.1. The van der Waals surface area contributed by atoms with Gasteiger partial charge in [-0.15, -0.1) is 0 Å². The number of nitrogens with zero attached hydrogens (tertiary/aromatic N) is 2. The van der Waals surface area contributed by atoms with E-state index in [9.17, 15) is 4.79 Å². The molecule has 1 aliphatic heterocycles. The fourth-order valence-corrected chi connectivity index (χ4v) is 3.07. The van der Waals surface area contributed by atoms with Gasteiger partial charge in [-0.1, -0.05) is 30.3 Å². The molecule has 122 valence electrons. The van der Waals surface area contributed by atoms with Crippen LogP contribution in [0.2, 0.25) is 0 Å². The molecule has 0 radical (unpaired) electrons. The molecule has 0 saturated heterocycles. The zero-order valence-corrected chi connectivity index (χ0v) is 13.9. The number of rotatable bonds is 4. The lowest BCUT2D eigenvalue weighted by Gasteiger charge is -2.25.